The molecule has 0 bridgehead atoms. The van der Waals surface area contributed by atoms with Crippen molar-refractivity contribution in [2.24, 2.45) is 0 Å². The lowest BCUT2D eigenvalue weighted by molar-refractivity contribution is 0.164. The lowest BCUT2D eigenvalue weighted by Gasteiger charge is -2.30. The maximum Gasteiger partial charge on any atom is 0.318 e. The second-order valence-electron chi connectivity index (χ2n) is 6.80. The highest BCUT2D eigenvalue weighted by atomic mass is 16.2. The van der Waals surface area contributed by atoms with Gasteiger partial charge in [-0.05, 0) is 49.2 Å². The third-order valence-corrected chi connectivity index (χ3v) is 5.03. The van der Waals surface area contributed by atoms with Gasteiger partial charge in [-0.25, -0.2) is 4.79 Å². The largest absolute Gasteiger partial charge is 0.334 e. The van der Waals surface area contributed by atoms with E-state index in [1.54, 1.807) is 12.4 Å². The van der Waals surface area contributed by atoms with E-state index >= 15 is 0 Å². The van der Waals surface area contributed by atoms with Crippen LogP contribution in [0, 0.1) is 0 Å². The van der Waals surface area contributed by atoms with Crippen LogP contribution >= 0.6 is 0 Å². The normalized spacial score (nSPS) is 17.2. The van der Waals surface area contributed by atoms with E-state index in [4.69, 9.17) is 0 Å². The van der Waals surface area contributed by atoms with Gasteiger partial charge in [0, 0.05) is 38.1 Å². The number of carbonyl (C=O) groups excluding carboxylic acids is 1. The van der Waals surface area contributed by atoms with Gasteiger partial charge in [-0.3, -0.25) is 9.88 Å². The molecule has 1 fully saturated rings. The predicted molar refractivity (Wildman–Crippen MR) is 104 cm³/mol. The van der Waals surface area contributed by atoms with Gasteiger partial charge in [-0.1, -0.05) is 37.3 Å². The van der Waals surface area contributed by atoms with Gasteiger partial charge in [0.25, 0.3) is 0 Å². The maximum absolute atomic E-state index is 12.9. The summed E-state index contributed by atoms with van der Waals surface area (Å²) in [7, 11) is 0. The molecule has 1 N–H and O–H groups in total. The molecular formula is C21H28N4O. The fourth-order valence-corrected chi connectivity index (χ4v) is 3.59. The molecule has 1 aliphatic rings. The molecule has 1 aromatic heterocycles. The minimum atomic E-state index is -0.00591. The number of likely N-dealkylation sites (N-methyl/N-ethyl adjacent to an activating group) is 1. The Morgan fingerprint density at radius 2 is 1.96 bits per heavy atom. The van der Waals surface area contributed by atoms with Crippen molar-refractivity contribution in [1.29, 1.82) is 0 Å². The first-order valence-electron chi connectivity index (χ1n) is 9.46. The van der Waals surface area contributed by atoms with Crippen molar-refractivity contribution in [3.05, 3.63) is 66.0 Å². The van der Waals surface area contributed by atoms with E-state index in [2.05, 4.69) is 22.1 Å². The number of likely N-dealkylation sites (tertiary alicyclic amines) is 1. The Labute approximate surface area is 156 Å². The highest BCUT2D eigenvalue weighted by Crippen LogP contribution is 2.19. The molecule has 2 aromatic rings. The lowest BCUT2D eigenvalue weighted by Crippen LogP contribution is -2.46. The molecule has 2 heterocycles. The Morgan fingerprint density at radius 3 is 2.69 bits per heavy atom. The van der Waals surface area contributed by atoms with E-state index in [0.717, 1.165) is 37.2 Å². The SMILES string of the molecule is CCN1CCC[C@@H]1CN(Cc1ccncc1)C(=O)NCc1ccccc1. The summed E-state index contributed by atoms with van der Waals surface area (Å²) >= 11 is 0. The summed E-state index contributed by atoms with van der Waals surface area (Å²) in [6.07, 6.45) is 5.94. The molecule has 138 valence electrons. The van der Waals surface area contributed by atoms with Crippen molar-refractivity contribution in [3.63, 3.8) is 0 Å². The molecule has 26 heavy (non-hydrogen) atoms. The maximum atomic E-state index is 12.9. The zero-order valence-electron chi connectivity index (χ0n) is 15.5. The van der Waals surface area contributed by atoms with Gasteiger partial charge in [-0.15, -0.1) is 0 Å². The molecule has 0 aliphatic carbocycles. The zero-order chi connectivity index (χ0) is 18.2. The van der Waals surface area contributed by atoms with Crippen molar-refractivity contribution in [2.45, 2.75) is 38.9 Å². The summed E-state index contributed by atoms with van der Waals surface area (Å²) in [6, 6.07) is 14.4. The van der Waals surface area contributed by atoms with Crippen LogP contribution in [-0.2, 0) is 13.1 Å². The molecule has 1 aromatic carbocycles. The van der Waals surface area contributed by atoms with Gasteiger partial charge in [0.15, 0.2) is 0 Å². The first kappa shape index (κ1) is 18.4. The molecular weight excluding hydrogens is 324 g/mol. The summed E-state index contributed by atoms with van der Waals surface area (Å²) in [6.45, 7) is 6.29. The van der Waals surface area contributed by atoms with Crippen molar-refractivity contribution in [2.75, 3.05) is 19.6 Å². The molecule has 0 unspecified atom stereocenters. The highest BCUT2D eigenvalue weighted by molar-refractivity contribution is 5.74. The standard InChI is InChI=1S/C21H28N4O/c1-2-24-14-6-9-20(24)17-25(16-19-10-12-22-13-11-19)21(26)23-15-18-7-4-3-5-8-18/h3-5,7-8,10-13,20H,2,6,9,14-17H2,1H3,(H,23,26)/t20-/m1/s1. The van der Waals surface area contributed by atoms with E-state index in [9.17, 15) is 4.79 Å². The molecule has 1 saturated heterocycles. The van der Waals surface area contributed by atoms with Crippen LogP contribution in [0.1, 0.15) is 30.9 Å². The number of aromatic nitrogens is 1. The Kier molecular flexibility index (Phi) is 6.61. The second-order valence-corrected chi connectivity index (χ2v) is 6.80. The number of hydrogen-bond donors (Lipinski definition) is 1. The molecule has 0 spiro atoms. The third kappa shape index (κ3) is 5.05. The van der Waals surface area contributed by atoms with E-state index in [1.165, 1.54) is 6.42 Å². The Bertz CT molecular complexity index is 677. The number of nitrogens with one attached hydrogen (secondary N) is 1. The fraction of sp³-hybridized carbons (Fsp3) is 0.429. The number of nitrogens with zero attached hydrogens (tertiary/aromatic N) is 3. The van der Waals surface area contributed by atoms with Gasteiger partial charge in [0.2, 0.25) is 0 Å². The Morgan fingerprint density at radius 1 is 1.19 bits per heavy atom. The second kappa shape index (κ2) is 9.34. The first-order valence-corrected chi connectivity index (χ1v) is 9.46. The minimum Gasteiger partial charge on any atom is -0.334 e. The van der Waals surface area contributed by atoms with E-state index in [1.807, 2.05) is 47.4 Å². The number of urea groups is 1. The van der Waals surface area contributed by atoms with Crippen LogP contribution < -0.4 is 5.32 Å². The monoisotopic (exact) mass is 352 g/mol. The van der Waals surface area contributed by atoms with Crippen LogP contribution in [0.15, 0.2) is 54.9 Å². The van der Waals surface area contributed by atoms with Crippen LogP contribution in [0.4, 0.5) is 4.79 Å². The minimum absolute atomic E-state index is 0.00591. The number of hydrogen-bond acceptors (Lipinski definition) is 3. The summed E-state index contributed by atoms with van der Waals surface area (Å²) in [5.74, 6) is 0. The van der Waals surface area contributed by atoms with Crippen LogP contribution in [0.5, 0.6) is 0 Å². The number of carbonyl (C=O) groups is 1. The number of pyridine rings is 1. The van der Waals surface area contributed by atoms with Crippen molar-refractivity contribution < 1.29 is 4.79 Å². The van der Waals surface area contributed by atoms with E-state index in [0.29, 0.717) is 19.1 Å². The third-order valence-electron chi connectivity index (χ3n) is 5.03. The topological polar surface area (TPSA) is 48.5 Å². The molecule has 2 amide bonds. The molecule has 0 radical (unpaired) electrons. The van der Waals surface area contributed by atoms with Gasteiger partial charge in [0.1, 0.15) is 0 Å². The number of benzene rings is 1. The highest BCUT2D eigenvalue weighted by Gasteiger charge is 2.27. The lowest BCUT2D eigenvalue weighted by atomic mass is 10.2. The van der Waals surface area contributed by atoms with Crippen molar-refractivity contribution >= 4 is 6.03 Å². The Balaban J connectivity index is 1.66. The average Bonchev–Trinajstić information content (AvgIpc) is 3.14. The van der Waals surface area contributed by atoms with Crippen molar-refractivity contribution in [3.8, 4) is 0 Å². The Hall–Kier alpha value is -2.40. The molecule has 5 heteroatoms. The van der Waals surface area contributed by atoms with Gasteiger partial charge in [-0.2, -0.15) is 0 Å². The van der Waals surface area contributed by atoms with E-state index in [-0.39, 0.29) is 6.03 Å². The number of rotatable bonds is 7. The van der Waals surface area contributed by atoms with Crippen LogP contribution in [-0.4, -0.2) is 46.5 Å². The zero-order valence-corrected chi connectivity index (χ0v) is 15.5. The predicted octanol–water partition coefficient (Wildman–Crippen LogP) is 3.28. The summed E-state index contributed by atoms with van der Waals surface area (Å²) < 4.78 is 0. The van der Waals surface area contributed by atoms with Gasteiger partial charge < -0.3 is 10.2 Å². The summed E-state index contributed by atoms with van der Waals surface area (Å²) in [4.78, 5) is 21.4. The van der Waals surface area contributed by atoms with Crippen LogP contribution in [0.2, 0.25) is 0 Å². The molecule has 0 saturated carbocycles. The summed E-state index contributed by atoms with van der Waals surface area (Å²) in [5.41, 5.74) is 2.22. The van der Waals surface area contributed by atoms with Crippen LogP contribution in [0.3, 0.4) is 0 Å². The molecule has 3 rings (SSSR count). The van der Waals surface area contributed by atoms with Crippen LogP contribution in [0.25, 0.3) is 0 Å². The van der Waals surface area contributed by atoms with Gasteiger partial charge >= 0.3 is 6.03 Å². The first-order chi connectivity index (χ1) is 12.8. The smallest absolute Gasteiger partial charge is 0.318 e. The fourth-order valence-electron chi connectivity index (χ4n) is 3.59. The average molecular weight is 352 g/mol. The number of amides is 2. The molecule has 1 atom stereocenters. The van der Waals surface area contributed by atoms with Crippen molar-refractivity contribution in [1.82, 2.24) is 20.1 Å². The molecule has 1 aliphatic heterocycles. The van der Waals surface area contributed by atoms with E-state index < -0.39 is 0 Å². The quantitative estimate of drug-likeness (QED) is 0.832. The molecule has 5 nitrogen and oxygen atoms in total. The summed E-state index contributed by atoms with van der Waals surface area (Å²) in [5, 5.41) is 3.08. The van der Waals surface area contributed by atoms with Gasteiger partial charge in [0.05, 0.1) is 0 Å².